The van der Waals surface area contributed by atoms with Crippen molar-refractivity contribution in [2.24, 2.45) is 5.92 Å². The number of nitrogens with one attached hydrogen (secondary N) is 1. The monoisotopic (exact) mass is 455 g/mol. The lowest BCUT2D eigenvalue weighted by Gasteiger charge is -2.25. The molecule has 3 fully saturated rings. The van der Waals surface area contributed by atoms with Crippen molar-refractivity contribution in [2.75, 3.05) is 13.2 Å². The van der Waals surface area contributed by atoms with Gasteiger partial charge in [0.05, 0.1) is 24.4 Å². The smallest absolute Gasteiger partial charge is 0.291 e. The number of aromatic nitrogens is 3. The van der Waals surface area contributed by atoms with Gasteiger partial charge in [0.2, 0.25) is 11.8 Å². The number of hydrogen-bond donors (Lipinski definition) is 2. The number of fused-ring (bicyclic) bond motifs is 3. The van der Waals surface area contributed by atoms with Gasteiger partial charge in [0.15, 0.2) is 5.56 Å². The third-order valence-corrected chi connectivity index (χ3v) is 6.49. The van der Waals surface area contributed by atoms with Crippen LogP contribution in [0.2, 0.25) is 0 Å². The first-order chi connectivity index (χ1) is 15.7. The van der Waals surface area contributed by atoms with Crippen molar-refractivity contribution in [2.45, 2.75) is 64.8 Å². The summed E-state index contributed by atoms with van der Waals surface area (Å²) in [6.07, 6.45) is 5.83. The molecule has 3 aliphatic rings. The van der Waals surface area contributed by atoms with Crippen LogP contribution in [-0.2, 0) is 16.1 Å². The first kappa shape index (κ1) is 21.7. The number of carbonyl (C=O) groups excluding carboxylic acids is 2. The van der Waals surface area contributed by atoms with E-state index in [0.29, 0.717) is 36.6 Å². The van der Waals surface area contributed by atoms with Crippen LogP contribution < -0.4 is 10.9 Å². The number of morpholine rings is 1. The summed E-state index contributed by atoms with van der Waals surface area (Å²) in [7, 11) is 0. The van der Waals surface area contributed by atoms with Gasteiger partial charge in [-0.2, -0.15) is 9.61 Å². The summed E-state index contributed by atoms with van der Waals surface area (Å²) in [4.78, 5) is 40.5. The summed E-state index contributed by atoms with van der Waals surface area (Å²) in [6, 6.07) is 0.147. The molecule has 0 aromatic carbocycles. The molecular formula is C23H29N5O5. The lowest BCUT2D eigenvalue weighted by Crippen LogP contribution is -2.40. The highest BCUT2D eigenvalue weighted by atomic mass is 16.5. The fraction of sp³-hybridized carbons (Fsp3) is 0.565. The fourth-order valence-corrected chi connectivity index (χ4v) is 4.70. The van der Waals surface area contributed by atoms with Crippen molar-refractivity contribution in [1.29, 1.82) is 0 Å². The minimum absolute atomic E-state index is 0.0423. The van der Waals surface area contributed by atoms with E-state index < -0.39 is 11.5 Å². The first-order valence-electron chi connectivity index (χ1n) is 11.5. The van der Waals surface area contributed by atoms with E-state index in [0.717, 1.165) is 23.8 Å². The maximum atomic E-state index is 13.2. The Bertz CT molecular complexity index is 1220. The number of aromatic hydroxyl groups is 1. The van der Waals surface area contributed by atoms with E-state index in [1.165, 1.54) is 6.08 Å². The van der Waals surface area contributed by atoms with Gasteiger partial charge in [-0.15, -0.1) is 0 Å². The molecule has 2 aromatic rings. The van der Waals surface area contributed by atoms with Crippen LogP contribution in [0, 0.1) is 12.8 Å². The predicted octanol–water partition coefficient (Wildman–Crippen LogP) is 1.07. The molecular weight excluding hydrogens is 426 g/mol. The molecule has 2 bridgehead atoms. The predicted molar refractivity (Wildman–Crippen MR) is 120 cm³/mol. The minimum Gasteiger partial charge on any atom is -0.494 e. The summed E-state index contributed by atoms with van der Waals surface area (Å²) in [6.45, 7) is 7.21. The summed E-state index contributed by atoms with van der Waals surface area (Å²) >= 11 is 0. The van der Waals surface area contributed by atoms with E-state index in [-0.39, 0.29) is 41.5 Å². The molecule has 4 heterocycles. The van der Waals surface area contributed by atoms with Gasteiger partial charge in [-0.25, -0.2) is 0 Å². The Morgan fingerprint density at radius 3 is 2.70 bits per heavy atom. The molecule has 2 saturated heterocycles. The molecule has 5 rings (SSSR count). The Labute approximate surface area is 190 Å². The number of hydrogen-bond acceptors (Lipinski definition) is 6. The van der Waals surface area contributed by atoms with Crippen molar-refractivity contribution in [3.05, 3.63) is 33.3 Å². The molecule has 176 valence electrons. The van der Waals surface area contributed by atoms with E-state index in [2.05, 4.69) is 10.4 Å². The maximum Gasteiger partial charge on any atom is 0.291 e. The van der Waals surface area contributed by atoms with Gasteiger partial charge >= 0.3 is 0 Å². The summed E-state index contributed by atoms with van der Waals surface area (Å²) in [5.41, 5.74) is 0.466. The molecule has 2 amide bonds. The molecule has 2 N–H and O–H groups in total. The van der Waals surface area contributed by atoms with Gasteiger partial charge in [-0.05, 0) is 38.2 Å². The Balaban J connectivity index is 1.57. The standard InChI is InChI=1S/C23H29N5O5/c1-12(2)9-27-21-17(6-7-18(29)26-10-16-8-15(26)11-33-16)13(3)25-28(21)23(32)19(22(27)31)20(30)24-14-4-5-14/h6-7,12,14-16,31H,4-5,8-11H2,1-3H3,(H,24,30)/b7-6+/t15-,16-/m0/s1. The number of ether oxygens (including phenoxy) is 1. The van der Waals surface area contributed by atoms with Crippen LogP contribution in [-0.4, -0.2) is 67.3 Å². The van der Waals surface area contributed by atoms with Gasteiger partial charge < -0.3 is 20.1 Å². The first-order valence-corrected chi connectivity index (χ1v) is 11.5. The van der Waals surface area contributed by atoms with Gasteiger partial charge in [0.1, 0.15) is 5.65 Å². The second-order valence-electron chi connectivity index (χ2n) is 9.66. The molecule has 2 atom stereocenters. The molecule has 1 aliphatic carbocycles. The van der Waals surface area contributed by atoms with Crippen LogP contribution in [0.5, 0.6) is 5.88 Å². The third-order valence-electron chi connectivity index (χ3n) is 6.49. The lowest BCUT2D eigenvalue weighted by atomic mass is 10.1. The van der Waals surface area contributed by atoms with E-state index in [1.54, 1.807) is 17.6 Å². The van der Waals surface area contributed by atoms with Crippen molar-refractivity contribution < 1.29 is 19.4 Å². The zero-order chi connectivity index (χ0) is 23.4. The van der Waals surface area contributed by atoms with Gasteiger partial charge in [-0.3, -0.25) is 19.0 Å². The van der Waals surface area contributed by atoms with E-state index in [1.807, 2.05) is 18.7 Å². The molecule has 10 heteroatoms. The zero-order valence-electron chi connectivity index (χ0n) is 19.1. The van der Waals surface area contributed by atoms with Crippen molar-refractivity contribution in [1.82, 2.24) is 24.4 Å². The highest BCUT2D eigenvalue weighted by molar-refractivity contribution is 5.97. The van der Waals surface area contributed by atoms with Crippen LogP contribution in [0.1, 0.15) is 54.7 Å². The number of aryl methyl sites for hydroxylation is 1. The Hall–Kier alpha value is -3.14. The van der Waals surface area contributed by atoms with Crippen LogP contribution >= 0.6 is 0 Å². The average Bonchev–Trinajstić information content (AvgIpc) is 3.17. The Morgan fingerprint density at radius 1 is 1.33 bits per heavy atom. The average molecular weight is 456 g/mol. The van der Waals surface area contributed by atoms with E-state index in [9.17, 15) is 19.5 Å². The fourth-order valence-electron chi connectivity index (χ4n) is 4.70. The van der Waals surface area contributed by atoms with Crippen molar-refractivity contribution in [3.63, 3.8) is 0 Å². The quantitative estimate of drug-likeness (QED) is 0.629. The van der Waals surface area contributed by atoms with Crippen LogP contribution in [0.15, 0.2) is 10.9 Å². The number of carbonyl (C=O) groups is 2. The molecule has 2 aliphatic heterocycles. The molecule has 0 spiro atoms. The van der Waals surface area contributed by atoms with E-state index in [4.69, 9.17) is 4.74 Å². The molecule has 10 nitrogen and oxygen atoms in total. The van der Waals surface area contributed by atoms with Crippen molar-refractivity contribution >= 4 is 23.5 Å². The SMILES string of the molecule is Cc1nn2c(=O)c(C(=O)NC3CC3)c(O)n(CC(C)C)c2c1/C=C/C(=O)N1C[C@@H]2C[C@H]1CO2. The van der Waals surface area contributed by atoms with Gasteiger partial charge in [-0.1, -0.05) is 13.8 Å². The minimum atomic E-state index is -0.677. The van der Waals surface area contributed by atoms with Crippen molar-refractivity contribution in [3.8, 4) is 5.88 Å². The van der Waals surface area contributed by atoms with E-state index >= 15 is 0 Å². The zero-order valence-corrected chi connectivity index (χ0v) is 19.1. The normalized spacial score (nSPS) is 22.2. The molecule has 0 radical (unpaired) electrons. The molecule has 2 aromatic heterocycles. The Morgan fingerprint density at radius 2 is 2.09 bits per heavy atom. The number of amides is 2. The molecule has 33 heavy (non-hydrogen) atoms. The summed E-state index contributed by atoms with van der Waals surface area (Å²) in [5, 5.41) is 18.2. The van der Waals surface area contributed by atoms with Gasteiger partial charge in [0.25, 0.3) is 11.5 Å². The number of likely N-dealkylation sites (tertiary alicyclic amines) is 1. The van der Waals surface area contributed by atoms with Crippen LogP contribution in [0.25, 0.3) is 11.7 Å². The molecule has 0 unspecified atom stereocenters. The second-order valence-corrected chi connectivity index (χ2v) is 9.66. The van der Waals surface area contributed by atoms with Crippen LogP contribution in [0.4, 0.5) is 0 Å². The number of rotatable bonds is 6. The summed E-state index contributed by atoms with van der Waals surface area (Å²) < 4.78 is 8.27. The highest BCUT2D eigenvalue weighted by Crippen LogP contribution is 2.29. The highest BCUT2D eigenvalue weighted by Gasteiger charge is 2.40. The third kappa shape index (κ3) is 3.82. The summed E-state index contributed by atoms with van der Waals surface area (Å²) in [5.74, 6) is -0.970. The molecule has 1 saturated carbocycles. The largest absolute Gasteiger partial charge is 0.494 e. The van der Waals surface area contributed by atoms with Gasteiger partial charge in [0, 0.05) is 30.8 Å². The lowest BCUT2D eigenvalue weighted by molar-refractivity contribution is -0.130. The maximum absolute atomic E-state index is 13.2. The van der Waals surface area contributed by atoms with Crippen LogP contribution in [0.3, 0.4) is 0 Å². The number of nitrogens with zero attached hydrogens (tertiary/aromatic N) is 4. The topological polar surface area (TPSA) is 118 Å². The Kier molecular flexibility index (Phi) is 5.27. The second kappa shape index (κ2) is 8.02.